The number of carbonyl (C=O) groups is 1. The quantitative estimate of drug-likeness (QED) is 0.444. The summed E-state index contributed by atoms with van der Waals surface area (Å²) < 4.78 is 6.48. The number of benzene rings is 2. The molecule has 0 saturated heterocycles. The van der Waals surface area contributed by atoms with Crippen LogP contribution in [0, 0.1) is 0 Å². The molecular formula is C23H24N4O2S. The second-order valence-electron chi connectivity index (χ2n) is 7.46. The highest BCUT2D eigenvalue weighted by Crippen LogP contribution is 2.22. The van der Waals surface area contributed by atoms with Crippen LogP contribution in [0.4, 0.5) is 0 Å². The fourth-order valence-corrected chi connectivity index (χ4v) is 4.10. The molecule has 0 bridgehead atoms. The normalized spacial score (nSPS) is 11.3. The Balaban J connectivity index is 1.24. The molecule has 4 aromatic rings. The van der Waals surface area contributed by atoms with Crippen molar-refractivity contribution in [3.63, 3.8) is 0 Å². The number of rotatable bonds is 8. The van der Waals surface area contributed by atoms with E-state index in [1.165, 1.54) is 10.3 Å². The van der Waals surface area contributed by atoms with Gasteiger partial charge in [-0.2, -0.15) is 4.98 Å². The first-order valence-electron chi connectivity index (χ1n) is 10.1. The minimum Gasteiger partial charge on any atom is -0.356 e. The van der Waals surface area contributed by atoms with Crippen LogP contribution in [0.3, 0.4) is 0 Å². The summed E-state index contributed by atoms with van der Waals surface area (Å²) in [6.07, 6.45) is 1.46. The number of nitrogens with zero attached hydrogens (tertiary/aromatic N) is 3. The number of carbonyl (C=O) groups excluding carboxylic acids is 1. The maximum Gasteiger partial charge on any atom is 0.227 e. The number of fused-ring (bicyclic) bond motifs is 1. The summed E-state index contributed by atoms with van der Waals surface area (Å²) >= 11 is 1.67. The molecule has 30 heavy (non-hydrogen) atoms. The highest BCUT2D eigenvalue weighted by Gasteiger charge is 2.11. The van der Waals surface area contributed by atoms with Gasteiger partial charge in [0.2, 0.25) is 17.6 Å². The lowest BCUT2D eigenvalue weighted by Gasteiger charge is -2.04. The molecule has 0 saturated carbocycles. The lowest BCUT2D eigenvalue weighted by atomic mass is 10.0. The van der Waals surface area contributed by atoms with Crippen molar-refractivity contribution in [2.75, 3.05) is 6.54 Å². The zero-order valence-corrected chi connectivity index (χ0v) is 17.9. The van der Waals surface area contributed by atoms with E-state index in [-0.39, 0.29) is 5.91 Å². The van der Waals surface area contributed by atoms with Crippen molar-refractivity contribution in [3.05, 3.63) is 65.0 Å². The minimum absolute atomic E-state index is 0.0304. The second kappa shape index (κ2) is 9.17. The van der Waals surface area contributed by atoms with Crippen molar-refractivity contribution >= 4 is 27.5 Å². The Morgan fingerprint density at radius 1 is 1.07 bits per heavy atom. The third kappa shape index (κ3) is 4.91. The Kier molecular flexibility index (Phi) is 6.18. The van der Waals surface area contributed by atoms with Crippen molar-refractivity contribution in [3.8, 4) is 11.4 Å². The van der Waals surface area contributed by atoms with Gasteiger partial charge in [-0.1, -0.05) is 55.4 Å². The van der Waals surface area contributed by atoms with Crippen molar-refractivity contribution in [2.45, 2.75) is 39.0 Å². The highest BCUT2D eigenvalue weighted by molar-refractivity contribution is 7.18. The van der Waals surface area contributed by atoms with Crippen LogP contribution in [-0.4, -0.2) is 27.6 Å². The van der Waals surface area contributed by atoms with Gasteiger partial charge in [0.25, 0.3) is 0 Å². The number of aromatic nitrogens is 3. The molecule has 1 N–H and O–H groups in total. The molecule has 2 aromatic heterocycles. The Morgan fingerprint density at radius 3 is 2.63 bits per heavy atom. The van der Waals surface area contributed by atoms with Crippen LogP contribution in [0.25, 0.3) is 21.6 Å². The molecule has 0 atom stereocenters. The van der Waals surface area contributed by atoms with E-state index in [1.807, 2.05) is 30.3 Å². The van der Waals surface area contributed by atoms with Crippen molar-refractivity contribution in [1.82, 2.24) is 20.4 Å². The van der Waals surface area contributed by atoms with E-state index < -0.39 is 0 Å². The van der Waals surface area contributed by atoms with Crippen LogP contribution >= 0.6 is 11.3 Å². The molecule has 2 heterocycles. The summed E-state index contributed by atoms with van der Waals surface area (Å²) in [5.74, 6) is 1.47. The first-order valence-corrected chi connectivity index (χ1v) is 10.9. The Bertz CT molecular complexity index is 1100. The van der Waals surface area contributed by atoms with E-state index >= 15 is 0 Å². The smallest absolute Gasteiger partial charge is 0.227 e. The summed E-state index contributed by atoms with van der Waals surface area (Å²) in [7, 11) is 0. The molecule has 4 rings (SSSR count). The van der Waals surface area contributed by atoms with Crippen LogP contribution in [-0.2, 0) is 17.6 Å². The van der Waals surface area contributed by atoms with E-state index in [0.717, 1.165) is 22.5 Å². The monoisotopic (exact) mass is 420 g/mol. The van der Waals surface area contributed by atoms with Gasteiger partial charge in [-0.05, 0) is 23.6 Å². The average molecular weight is 421 g/mol. The van der Waals surface area contributed by atoms with Gasteiger partial charge in [-0.3, -0.25) is 4.79 Å². The van der Waals surface area contributed by atoms with Crippen LogP contribution in [0.1, 0.15) is 42.6 Å². The van der Waals surface area contributed by atoms with Gasteiger partial charge < -0.3 is 9.84 Å². The number of aryl methyl sites for hydroxylation is 1. The van der Waals surface area contributed by atoms with Crippen LogP contribution in [0.5, 0.6) is 0 Å². The number of para-hydroxylation sites is 1. The van der Waals surface area contributed by atoms with Gasteiger partial charge in [0.05, 0.1) is 15.2 Å². The first-order chi connectivity index (χ1) is 14.6. The number of amides is 1. The molecule has 154 valence electrons. The topological polar surface area (TPSA) is 80.9 Å². The van der Waals surface area contributed by atoms with Crippen LogP contribution < -0.4 is 5.32 Å². The van der Waals surface area contributed by atoms with Crippen LogP contribution in [0.15, 0.2) is 53.1 Å². The maximum absolute atomic E-state index is 12.1. The zero-order valence-electron chi connectivity index (χ0n) is 17.1. The highest BCUT2D eigenvalue weighted by atomic mass is 32.1. The summed E-state index contributed by atoms with van der Waals surface area (Å²) in [5.41, 5.74) is 3.19. The van der Waals surface area contributed by atoms with Crippen LogP contribution in [0.2, 0.25) is 0 Å². The predicted molar refractivity (Wildman–Crippen MR) is 118 cm³/mol. The Labute approximate surface area is 179 Å². The second-order valence-corrected chi connectivity index (χ2v) is 8.58. The Morgan fingerprint density at radius 2 is 1.87 bits per heavy atom. The summed E-state index contributed by atoms with van der Waals surface area (Å²) in [5, 5.41) is 8.00. The molecule has 0 radical (unpaired) electrons. The largest absolute Gasteiger partial charge is 0.356 e. The van der Waals surface area contributed by atoms with Crippen molar-refractivity contribution < 1.29 is 9.32 Å². The fourth-order valence-electron chi connectivity index (χ4n) is 3.14. The van der Waals surface area contributed by atoms with Gasteiger partial charge in [-0.15, -0.1) is 11.3 Å². The third-order valence-electron chi connectivity index (χ3n) is 4.87. The standard InChI is InChI=1S/C23H24N4O2S/c1-15(2)16-7-9-17(10-8-16)23-26-21(29-27-23)12-11-20(28)24-14-13-22-25-18-5-3-4-6-19(18)30-22/h3-10,15H,11-14H2,1-2H3,(H,24,28). The molecule has 0 aliphatic rings. The Hall–Kier alpha value is -3.06. The van der Waals surface area contributed by atoms with Crippen molar-refractivity contribution in [1.29, 1.82) is 0 Å². The molecular weight excluding hydrogens is 396 g/mol. The molecule has 2 aromatic carbocycles. The summed E-state index contributed by atoms with van der Waals surface area (Å²) in [4.78, 5) is 21.1. The van der Waals surface area contributed by atoms with E-state index in [0.29, 0.717) is 37.0 Å². The number of hydrogen-bond acceptors (Lipinski definition) is 6. The molecule has 0 unspecified atom stereocenters. The molecule has 0 aliphatic heterocycles. The average Bonchev–Trinajstić information content (AvgIpc) is 3.39. The SMILES string of the molecule is CC(C)c1ccc(-c2noc(CCC(=O)NCCc3nc4ccccc4s3)n2)cc1. The molecule has 6 nitrogen and oxygen atoms in total. The minimum atomic E-state index is -0.0304. The predicted octanol–water partition coefficient (Wildman–Crippen LogP) is 4.76. The number of thiazole rings is 1. The van der Waals surface area contributed by atoms with E-state index in [1.54, 1.807) is 11.3 Å². The molecule has 0 aliphatic carbocycles. The lowest BCUT2D eigenvalue weighted by molar-refractivity contribution is -0.121. The first kappa shape index (κ1) is 20.2. The van der Waals surface area contributed by atoms with E-state index in [4.69, 9.17) is 4.52 Å². The summed E-state index contributed by atoms with van der Waals surface area (Å²) in [6.45, 7) is 4.88. The van der Waals surface area contributed by atoms with E-state index in [2.05, 4.69) is 52.5 Å². The van der Waals surface area contributed by atoms with Crippen molar-refractivity contribution in [2.24, 2.45) is 0 Å². The van der Waals surface area contributed by atoms with Gasteiger partial charge in [0, 0.05) is 31.4 Å². The summed E-state index contributed by atoms with van der Waals surface area (Å²) in [6, 6.07) is 16.2. The zero-order chi connectivity index (χ0) is 20.9. The van der Waals surface area contributed by atoms with Gasteiger partial charge >= 0.3 is 0 Å². The molecule has 0 spiro atoms. The van der Waals surface area contributed by atoms with E-state index in [9.17, 15) is 4.79 Å². The third-order valence-corrected chi connectivity index (χ3v) is 5.96. The fraction of sp³-hybridized carbons (Fsp3) is 0.304. The van der Waals surface area contributed by atoms with Gasteiger partial charge in [0.1, 0.15) is 0 Å². The number of hydrogen-bond donors (Lipinski definition) is 1. The molecule has 1 amide bonds. The maximum atomic E-state index is 12.1. The molecule has 0 fully saturated rings. The number of nitrogens with one attached hydrogen (secondary N) is 1. The van der Waals surface area contributed by atoms with Gasteiger partial charge in [-0.25, -0.2) is 4.98 Å². The molecule has 7 heteroatoms. The lowest BCUT2D eigenvalue weighted by Crippen LogP contribution is -2.25. The van der Waals surface area contributed by atoms with Gasteiger partial charge in [0.15, 0.2) is 0 Å².